The number of rotatable bonds is 6. The maximum absolute atomic E-state index is 13.9. The van der Waals surface area contributed by atoms with Gasteiger partial charge < -0.3 is 20.8 Å². The van der Waals surface area contributed by atoms with Crippen molar-refractivity contribution in [3.05, 3.63) is 60.4 Å². The van der Waals surface area contributed by atoms with Crippen LogP contribution in [0.25, 0.3) is 16.2 Å². The summed E-state index contributed by atoms with van der Waals surface area (Å²) >= 11 is 0. The monoisotopic (exact) mass is 510 g/mol. The van der Waals surface area contributed by atoms with Crippen molar-refractivity contribution in [2.45, 2.75) is 24.4 Å². The van der Waals surface area contributed by atoms with Crippen molar-refractivity contribution in [1.82, 2.24) is 5.01 Å². The number of anilines is 1. The number of nitroso groups, excluding NO2 is 2. The molecule has 0 aromatic heterocycles. The van der Waals surface area contributed by atoms with E-state index in [2.05, 4.69) is 20.5 Å². The molecule has 0 heterocycles. The second kappa shape index (κ2) is 8.71. The second-order valence-electron chi connectivity index (χ2n) is 9.33. The van der Waals surface area contributed by atoms with Crippen LogP contribution >= 0.6 is 0 Å². The first-order chi connectivity index (χ1) is 17.5. The SMILES string of the molecule is CN(C)c1cc(O)c2c(c1)C[C@H]1CC3[C@H](N(C)N=[N+]=[N-])C(N=O)=C(C(N)=O)C(=O)[C@@]3(N=O)C(=O)C1=C2O. The zero-order valence-electron chi connectivity index (χ0n) is 19.9. The Labute approximate surface area is 208 Å². The topological polar surface area (TPSA) is 232 Å². The van der Waals surface area contributed by atoms with Gasteiger partial charge in [0.05, 0.1) is 18.5 Å². The molecule has 0 aliphatic heterocycles. The molecule has 1 amide bonds. The highest BCUT2D eigenvalue weighted by molar-refractivity contribution is 6.34. The van der Waals surface area contributed by atoms with Gasteiger partial charge in [0.25, 0.3) is 5.91 Å². The van der Waals surface area contributed by atoms with Gasteiger partial charge in [-0.1, -0.05) is 0 Å². The lowest BCUT2D eigenvalue weighted by atomic mass is 9.55. The van der Waals surface area contributed by atoms with E-state index in [1.165, 1.54) is 13.1 Å². The number of carbonyl (C=O) groups excluding carboxylic acids is 3. The molecular weight excluding hydrogens is 488 g/mol. The molecule has 1 fully saturated rings. The van der Waals surface area contributed by atoms with Crippen LogP contribution in [-0.2, 0) is 20.8 Å². The lowest BCUT2D eigenvalue weighted by Gasteiger charge is -2.47. The molecule has 15 nitrogen and oxygen atoms in total. The first-order valence-corrected chi connectivity index (χ1v) is 11.0. The number of likely N-dealkylation sites (N-methyl/N-ethyl adjacent to an activating group) is 1. The third kappa shape index (κ3) is 3.35. The standard InChI is InChI=1S/C22H22N8O7/c1-29(2)10-5-8-4-9-6-11-17(30(3)28-27-24)16(25-36)15(21(23)35)20(34)22(11,26-37)19(33)14(9)18(32)13(8)12(31)7-10/h5,7,9,11,17,31-32H,4,6H2,1-3H3,(H2,23,35)/t9-,11?,17-,22-/m0/s1. The Kier molecular flexibility index (Phi) is 5.96. The molecule has 0 bridgehead atoms. The van der Waals surface area contributed by atoms with Crippen LogP contribution < -0.4 is 10.6 Å². The van der Waals surface area contributed by atoms with Crippen molar-refractivity contribution >= 4 is 28.9 Å². The minimum absolute atomic E-state index is 0.0309. The molecule has 0 saturated heterocycles. The maximum atomic E-state index is 13.9. The number of ketones is 2. The first kappa shape index (κ1) is 25.3. The number of primary amides is 1. The number of carbonyl (C=O) groups is 3. The van der Waals surface area contributed by atoms with Gasteiger partial charge in [-0.3, -0.25) is 14.4 Å². The van der Waals surface area contributed by atoms with Crippen molar-refractivity contribution in [3.8, 4) is 5.75 Å². The summed E-state index contributed by atoms with van der Waals surface area (Å²) in [5, 5.41) is 31.7. The average Bonchev–Trinajstić information content (AvgIpc) is 2.82. The van der Waals surface area contributed by atoms with Crippen molar-refractivity contribution in [2.24, 2.45) is 33.1 Å². The van der Waals surface area contributed by atoms with Crippen LogP contribution in [-0.4, -0.2) is 65.4 Å². The molecule has 15 heteroatoms. The fourth-order valence-corrected chi connectivity index (χ4v) is 5.72. The summed E-state index contributed by atoms with van der Waals surface area (Å²) in [6.45, 7) is 0. The number of fused-ring (bicyclic) bond motifs is 3. The van der Waals surface area contributed by atoms with Gasteiger partial charge in [-0.2, -0.15) is 4.91 Å². The fourth-order valence-electron chi connectivity index (χ4n) is 5.72. The largest absolute Gasteiger partial charge is 0.507 e. The molecule has 37 heavy (non-hydrogen) atoms. The number of Topliss-reactive ketones (excluding diaryl/α,β-unsaturated/α-hetero) is 2. The summed E-state index contributed by atoms with van der Waals surface area (Å²) in [6, 6.07) is 1.61. The number of hydrogen-bond donors (Lipinski definition) is 3. The molecule has 192 valence electrons. The average molecular weight is 510 g/mol. The predicted molar refractivity (Wildman–Crippen MR) is 129 cm³/mol. The van der Waals surface area contributed by atoms with Crippen molar-refractivity contribution in [3.63, 3.8) is 0 Å². The summed E-state index contributed by atoms with van der Waals surface area (Å²) in [6.07, 6.45) is -0.0560. The Morgan fingerprint density at radius 1 is 1.19 bits per heavy atom. The van der Waals surface area contributed by atoms with Crippen LogP contribution in [0.2, 0.25) is 0 Å². The van der Waals surface area contributed by atoms with E-state index in [4.69, 9.17) is 11.3 Å². The van der Waals surface area contributed by atoms with E-state index in [9.17, 15) is 34.4 Å². The smallest absolute Gasteiger partial charge is 0.254 e. The van der Waals surface area contributed by atoms with Gasteiger partial charge in [-0.25, -0.2) is 5.01 Å². The van der Waals surface area contributed by atoms with Crippen molar-refractivity contribution < 1.29 is 24.6 Å². The van der Waals surface area contributed by atoms with E-state index in [0.717, 1.165) is 5.01 Å². The molecule has 3 aliphatic rings. The zero-order valence-corrected chi connectivity index (χ0v) is 19.9. The lowest BCUT2D eigenvalue weighted by Crippen LogP contribution is -2.65. The molecule has 3 aliphatic carbocycles. The molecule has 1 saturated carbocycles. The maximum Gasteiger partial charge on any atom is 0.254 e. The number of aliphatic hydroxyl groups is 1. The second-order valence-corrected chi connectivity index (χ2v) is 9.33. The van der Waals surface area contributed by atoms with Crippen LogP contribution in [0.5, 0.6) is 5.75 Å². The Balaban J connectivity index is 2.02. The minimum atomic E-state index is -2.81. The van der Waals surface area contributed by atoms with E-state index in [1.54, 1.807) is 25.1 Å². The quantitative estimate of drug-likeness (QED) is 0.0957. The van der Waals surface area contributed by atoms with Crippen molar-refractivity contribution in [1.29, 1.82) is 0 Å². The van der Waals surface area contributed by atoms with Crippen LogP contribution in [0.1, 0.15) is 17.5 Å². The van der Waals surface area contributed by atoms with Gasteiger partial charge in [0.1, 0.15) is 22.8 Å². The third-order valence-electron chi connectivity index (χ3n) is 7.30. The highest BCUT2D eigenvalue weighted by Gasteiger charge is 2.68. The van der Waals surface area contributed by atoms with Gasteiger partial charge in [-0.15, -0.1) is 15.3 Å². The number of nitrogens with two attached hydrogens (primary N) is 1. The molecule has 0 radical (unpaired) electrons. The van der Waals surface area contributed by atoms with E-state index in [0.29, 0.717) is 11.3 Å². The van der Waals surface area contributed by atoms with Gasteiger partial charge >= 0.3 is 0 Å². The van der Waals surface area contributed by atoms with E-state index in [1.807, 2.05) is 0 Å². The van der Waals surface area contributed by atoms with Gasteiger partial charge in [0, 0.05) is 31.4 Å². The Morgan fingerprint density at radius 3 is 2.41 bits per heavy atom. The lowest BCUT2D eigenvalue weighted by molar-refractivity contribution is -0.138. The van der Waals surface area contributed by atoms with Crippen LogP contribution in [0, 0.1) is 21.6 Å². The molecule has 4 atom stereocenters. The minimum Gasteiger partial charge on any atom is -0.507 e. The van der Waals surface area contributed by atoms with Gasteiger partial charge in [0.15, 0.2) is 6.04 Å². The number of phenolic OH excluding ortho intramolecular Hbond substituents is 1. The summed E-state index contributed by atoms with van der Waals surface area (Å²) in [7, 11) is 4.71. The summed E-state index contributed by atoms with van der Waals surface area (Å²) in [5.74, 6) is -7.19. The third-order valence-corrected chi connectivity index (χ3v) is 7.30. The Hall–Kier alpha value is -4.78. The molecule has 4 N–H and O–H groups in total. The highest BCUT2D eigenvalue weighted by Crippen LogP contribution is 2.54. The number of nitrogens with zero attached hydrogens (tertiary/aromatic N) is 7. The zero-order chi connectivity index (χ0) is 27.4. The van der Waals surface area contributed by atoms with Crippen LogP contribution in [0.15, 0.2) is 44.6 Å². The normalized spacial score (nSPS) is 26.4. The number of phenols is 1. The van der Waals surface area contributed by atoms with Crippen molar-refractivity contribution in [2.75, 3.05) is 26.0 Å². The number of aliphatic hydroxyl groups excluding tert-OH is 1. The summed E-state index contributed by atoms with van der Waals surface area (Å²) in [4.78, 5) is 68.2. The fraction of sp³-hybridized carbons (Fsp3) is 0.409. The number of amides is 1. The molecule has 1 aromatic rings. The summed E-state index contributed by atoms with van der Waals surface area (Å²) < 4.78 is 0. The molecule has 0 spiro atoms. The number of benzene rings is 1. The Bertz CT molecular complexity index is 1390. The van der Waals surface area contributed by atoms with Gasteiger partial charge in [0.2, 0.25) is 17.1 Å². The molecular formula is C22H22N8O7. The predicted octanol–water partition coefficient (Wildman–Crippen LogP) is 1.61. The first-order valence-electron chi connectivity index (χ1n) is 11.0. The Morgan fingerprint density at radius 2 is 1.86 bits per heavy atom. The highest BCUT2D eigenvalue weighted by atomic mass is 16.3. The molecule has 1 unspecified atom stereocenters. The molecule has 1 aromatic carbocycles. The van der Waals surface area contributed by atoms with E-state index in [-0.39, 0.29) is 29.7 Å². The number of hydrogen-bond acceptors (Lipinski definition) is 11. The number of azide groups is 1. The van der Waals surface area contributed by atoms with Crippen LogP contribution in [0.3, 0.4) is 0 Å². The summed E-state index contributed by atoms with van der Waals surface area (Å²) in [5.41, 5.74) is 10.5. The van der Waals surface area contributed by atoms with E-state index >= 15 is 0 Å². The van der Waals surface area contributed by atoms with Crippen LogP contribution in [0.4, 0.5) is 5.69 Å². The van der Waals surface area contributed by atoms with E-state index < -0.39 is 57.9 Å². The number of aromatic hydroxyl groups is 1. The van der Waals surface area contributed by atoms with Gasteiger partial charge in [-0.05, 0) is 46.0 Å². The molecule has 4 rings (SSSR count).